The zero-order valence-corrected chi connectivity index (χ0v) is 21.1. The van der Waals surface area contributed by atoms with Crippen molar-refractivity contribution in [1.82, 2.24) is 5.32 Å². The second kappa shape index (κ2) is 13.4. The van der Waals surface area contributed by atoms with Gasteiger partial charge in [0.05, 0.1) is 24.7 Å². The van der Waals surface area contributed by atoms with Gasteiger partial charge in [-0.05, 0) is 54.3 Å². The van der Waals surface area contributed by atoms with Gasteiger partial charge in [-0.15, -0.1) is 0 Å². The summed E-state index contributed by atoms with van der Waals surface area (Å²) in [5.74, 6) is 0.435. The minimum absolute atomic E-state index is 0.0213. The Morgan fingerprint density at radius 3 is 2.47 bits per heavy atom. The van der Waals surface area contributed by atoms with Crippen LogP contribution in [0.3, 0.4) is 0 Å². The number of hydrogen-bond donors (Lipinski definition) is 2. The highest BCUT2D eigenvalue weighted by atomic mass is 35.5. The van der Waals surface area contributed by atoms with Crippen molar-refractivity contribution in [3.05, 3.63) is 82.4 Å². The van der Waals surface area contributed by atoms with Crippen LogP contribution >= 0.6 is 11.6 Å². The van der Waals surface area contributed by atoms with Crippen molar-refractivity contribution in [3.63, 3.8) is 0 Å². The molecule has 190 valence electrons. The molecular formula is C28H30ClNO6. The summed E-state index contributed by atoms with van der Waals surface area (Å²) in [6, 6.07) is 18.3. The molecule has 0 aliphatic carbocycles. The lowest BCUT2D eigenvalue weighted by molar-refractivity contribution is -0.136. The molecule has 3 aromatic carbocycles. The largest absolute Gasteiger partial charge is 0.494 e. The first kappa shape index (κ1) is 26.9. The predicted octanol–water partition coefficient (Wildman–Crippen LogP) is 6.25. The Bertz CT molecular complexity index is 1200. The molecule has 0 unspecified atom stereocenters. The van der Waals surface area contributed by atoms with Crippen LogP contribution < -0.4 is 14.8 Å². The number of ether oxygens (including phenoxy) is 3. The van der Waals surface area contributed by atoms with E-state index in [1.54, 1.807) is 24.3 Å². The lowest BCUT2D eigenvalue weighted by atomic mass is 9.99. The van der Waals surface area contributed by atoms with Gasteiger partial charge in [0.15, 0.2) is 0 Å². The second-order valence-electron chi connectivity index (χ2n) is 8.06. The SMILES string of the molecule is CCCOc1ccc(COC(=O)NCc2cc(-c3cccc(CC(=O)O)c3)ccc2OCC)c(Cl)c1. The van der Waals surface area contributed by atoms with Crippen LogP contribution in [0.4, 0.5) is 4.79 Å². The lowest BCUT2D eigenvalue weighted by Gasteiger charge is -2.14. The molecule has 2 N–H and O–H groups in total. The zero-order chi connectivity index (χ0) is 25.9. The van der Waals surface area contributed by atoms with Crippen molar-refractivity contribution in [2.24, 2.45) is 0 Å². The van der Waals surface area contributed by atoms with Crippen molar-refractivity contribution < 1.29 is 28.9 Å². The number of aliphatic carboxylic acids is 1. The number of carboxylic acid groups (broad SMARTS) is 1. The van der Waals surface area contributed by atoms with E-state index in [0.29, 0.717) is 40.9 Å². The number of carboxylic acids is 1. The number of rotatable bonds is 12. The molecule has 0 fully saturated rings. The maximum Gasteiger partial charge on any atom is 0.407 e. The third-order valence-corrected chi connectivity index (χ3v) is 5.61. The van der Waals surface area contributed by atoms with Gasteiger partial charge in [0.25, 0.3) is 0 Å². The van der Waals surface area contributed by atoms with Crippen LogP contribution in [0.25, 0.3) is 11.1 Å². The first-order valence-corrected chi connectivity index (χ1v) is 12.2. The number of alkyl carbamates (subject to hydrolysis) is 1. The summed E-state index contributed by atoms with van der Waals surface area (Å²) in [6.07, 6.45) is 0.255. The van der Waals surface area contributed by atoms with Crippen LogP contribution in [0.1, 0.15) is 37.0 Å². The highest BCUT2D eigenvalue weighted by Gasteiger charge is 2.12. The standard InChI is InChI=1S/C28H30ClNO6/c1-3-12-35-24-10-8-22(25(29)16-24)18-36-28(33)30-17-23-15-21(9-11-26(23)34-4-2)20-7-5-6-19(13-20)14-27(31)32/h5-11,13,15-16H,3-4,12,14,17-18H2,1-2H3,(H,30,33)(H,31,32). The number of nitrogens with one attached hydrogen (secondary N) is 1. The van der Waals surface area contributed by atoms with Crippen molar-refractivity contribution in [3.8, 4) is 22.6 Å². The molecule has 0 aromatic heterocycles. The van der Waals surface area contributed by atoms with Gasteiger partial charge in [-0.25, -0.2) is 4.79 Å². The van der Waals surface area contributed by atoms with Crippen molar-refractivity contribution in [1.29, 1.82) is 0 Å². The van der Waals surface area contributed by atoms with E-state index in [0.717, 1.165) is 23.1 Å². The fourth-order valence-electron chi connectivity index (χ4n) is 3.55. The molecule has 1 amide bonds. The number of carbonyl (C=O) groups excluding carboxylic acids is 1. The minimum atomic E-state index is -0.885. The van der Waals surface area contributed by atoms with Gasteiger partial charge in [-0.3, -0.25) is 4.79 Å². The van der Waals surface area contributed by atoms with E-state index < -0.39 is 12.1 Å². The first-order chi connectivity index (χ1) is 17.4. The van der Waals surface area contributed by atoms with Gasteiger partial charge in [0, 0.05) is 17.7 Å². The fourth-order valence-corrected chi connectivity index (χ4v) is 3.77. The Morgan fingerprint density at radius 1 is 0.944 bits per heavy atom. The van der Waals surface area contributed by atoms with E-state index >= 15 is 0 Å². The quantitative estimate of drug-likeness (QED) is 0.298. The maximum absolute atomic E-state index is 12.4. The Hall–Kier alpha value is -3.71. The summed E-state index contributed by atoms with van der Waals surface area (Å²) in [4.78, 5) is 23.5. The summed E-state index contributed by atoms with van der Waals surface area (Å²) in [6.45, 7) is 5.20. The van der Waals surface area contributed by atoms with E-state index in [1.807, 2.05) is 50.2 Å². The van der Waals surface area contributed by atoms with Gasteiger partial charge in [0.1, 0.15) is 18.1 Å². The Labute approximate surface area is 216 Å². The van der Waals surface area contributed by atoms with Crippen molar-refractivity contribution in [2.45, 2.75) is 39.8 Å². The monoisotopic (exact) mass is 511 g/mol. The average molecular weight is 512 g/mol. The molecule has 36 heavy (non-hydrogen) atoms. The third-order valence-electron chi connectivity index (χ3n) is 5.26. The smallest absolute Gasteiger partial charge is 0.407 e. The van der Waals surface area contributed by atoms with Crippen LogP contribution in [0.2, 0.25) is 5.02 Å². The number of amides is 1. The molecule has 0 aliphatic heterocycles. The summed E-state index contributed by atoms with van der Waals surface area (Å²) < 4.78 is 16.6. The molecule has 0 bridgehead atoms. The normalized spacial score (nSPS) is 10.5. The Morgan fingerprint density at radius 2 is 1.75 bits per heavy atom. The van der Waals surface area contributed by atoms with Crippen LogP contribution in [-0.4, -0.2) is 30.4 Å². The first-order valence-electron chi connectivity index (χ1n) is 11.8. The molecule has 3 aromatic rings. The Kier molecular flexibility index (Phi) is 10.0. The zero-order valence-electron chi connectivity index (χ0n) is 20.4. The second-order valence-corrected chi connectivity index (χ2v) is 8.46. The molecule has 0 radical (unpaired) electrons. The topological polar surface area (TPSA) is 94.1 Å². The van der Waals surface area contributed by atoms with E-state index in [4.69, 9.17) is 30.9 Å². The fraction of sp³-hybridized carbons (Fsp3) is 0.286. The van der Waals surface area contributed by atoms with Gasteiger partial charge < -0.3 is 24.6 Å². The highest BCUT2D eigenvalue weighted by Crippen LogP contribution is 2.28. The number of carbonyl (C=O) groups is 2. The molecule has 7 nitrogen and oxygen atoms in total. The van der Waals surface area contributed by atoms with E-state index in [1.165, 1.54) is 0 Å². The van der Waals surface area contributed by atoms with Crippen LogP contribution in [0.5, 0.6) is 11.5 Å². The molecule has 0 spiro atoms. The molecule has 8 heteroatoms. The van der Waals surface area contributed by atoms with Gasteiger partial charge in [0.2, 0.25) is 0 Å². The summed E-state index contributed by atoms with van der Waals surface area (Å²) in [7, 11) is 0. The van der Waals surface area contributed by atoms with Crippen molar-refractivity contribution in [2.75, 3.05) is 13.2 Å². The third kappa shape index (κ3) is 7.92. The van der Waals surface area contributed by atoms with E-state index in [2.05, 4.69) is 5.32 Å². The number of benzene rings is 3. The van der Waals surface area contributed by atoms with E-state index in [9.17, 15) is 9.59 Å². The summed E-state index contributed by atoms with van der Waals surface area (Å²) in [5.41, 5.74) is 3.91. The lowest BCUT2D eigenvalue weighted by Crippen LogP contribution is -2.24. The van der Waals surface area contributed by atoms with Gasteiger partial charge in [-0.2, -0.15) is 0 Å². The van der Waals surface area contributed by atoms with Crippen LogP contribution in [0.15, 0.2) is 60.7 Å². The predicted molar refractivity (Wildman–Crippen MR) is 139 cm³/mol. The van der Waals surface area contributed by atoms with Crippen LogP contribution in [-0.2, 0) is 29.1 Å². The van der Waals surface area contributed by atoms with Gasteiger partial charge >= 0.3 is 12.1 Å². The van der Waals surface area contributed by atoms with E-state index in [-0.39, 0.29) is 19.6 Å². The average Bonchev–Trinajstić information content (AvgIpc) is 2.86. The number of halogens is 1. The molecule has 3 rings (SSSR count). The van der Waals surface area contributed by atoms with Crippen molar-refractivity contribution >= 4 is 23.7 Å². The molecule has 0 atom stereocenters. The molecule has 0 saturated heterocycles. The molecule has 0 saturated carbocycles. The molecular weight excluding hydrogens is 482 g/mol. The highest BCUT2D eigenvalue weighted by molar-refractivity contribution is 6.31. The summed E-state index contributed by atoms with van der Waals surface area (Å²) >= 11 is 6.29. The van der Waals surface area contributed by atoms with Crippen LogP contribution in [0, 0.1) is 0 Å². The van der Waals surface area contributed by atoms with Gasteiger partial charge in [-0.1, -0.05) is 54.9 Å². The minimum Gasteiger partial charge on any atom is -0.494 e. The maximum atomic E-state index is 12.4. The summed E-state index contributed by atoms with van der Waals surface area (Å²) in [5, 5.41) is 12.3. The number of hydrogen-bond acceptors (Lipinski definition) is 5. The molecule has 0 aliphatic rings. The molecule has 0 heterocycles. The Balaban J connectivity index is 1.65.